The van der Waals surface area contributed by atoms with E-state index in [4.69, 9.17) is 0 Å². The van der Waals surface area contributed by atoms with Crippen molar-refractivity contribution in [1.29, 1.82) is 0 Å². The average Bonchev–Trinajstić information content (AvgIpc) is 3.58. The van der Waals surface area contributed by atoms with Crippen molar-refractivity contribution in [2.45, 2.75) is 15.2 Å². The van der Waals surface area contributed by atoms with Crippen molar-refractivity contribution in [1.82, 2.24) is 4.98 Å². The number of nitrogens with one attached hydrogen (secondary N) is 1. The number of aromatic nitrogens is 1. The largest absolute Gasteiger partial charge is 0.355 e. The van der Waals surface area contributed by atoms with E-state index in [0.717, 1.165) is 0 Å². The molecule has 0 radical (unpaired) electrons. The van der Waals surface area contributed by atoms with E-state index in [9.17, 15) is 0 Å². The van der Waals surface area contributed by atoms with E-state index in [2.05, 4.69) is 151 Å². The summed E-state index contributed by atoms with van der Waals surface area (Å²) in [6.45, 7) is 0. The molecule has 0 saturated heterocycles. The van der Waals surface area contributed by atoms with Crippen LogP contribution in [0.1, 0.15) is 22.3 Å². The summed E-state index contributed by atoms with van der Waals surface area (Å²) in [6.07, 6.45) is 0. The van der Waals surface area contributed by atoms with Crippen molar-refractivity contribution in [2.24, 2.45) is 0 Å². The van der Waals surface area contributed by atoms with E-state index in [0.29, 0.717) is 0 Å². The molecule has 2 heteroatoms. The van der Waals surface area contributed by atoms with Crippen molar-refractivity contribution < 1.29 is 0 Å². The molecule has 1 nitrogen and oxygen atoms in total. The fourth-order valence-corrected chi connectivity index (χ4v) is 9.07. The summed E-state index contributed by atoms with van der Waals surface area (Å²) in [7, 11) is 0. The molecule has 0 unspecified atom stereocenters. The molecule has 2 heterocycles. The van der Waals surface area contributed by atoms with Crippen molar-refractivity contribution in [3.05, 3.63) is 168 Å². The Labute approximate surface area is 253 Å². The third-order valence-electron chi connectivity index (χ3n) is 9.67. The number of benzene rings is 7. The van der Waals surface area contributed by atoms with Gasteiger partial charge in [-0.25, -0.2) is 0 Å². The molecule has 10 rings (SSSR count). The molecule has 1 spiro atoms. The maximum atomic E-state index is 3.59. The Morgan fingerprint density at radius 3 is 1.93 bits per heavy atom. The fraction of sp³-hybridized carbons (Fsp3) is 0.0244. The number of fused-ring (bicyclic) bond motifs is 14. The molecular formula is C41H25NS. The van der Waals surface area contributed by atoms with Crippen LogP contribution in [0.15, 0.2) is 155 Å². The van der Waals surface area contributed by atoms with Gasteiger partial charge >= 0.3 is 0 Å². The number of hydrogen-bond donors (Lipinski definition) is 1. The lowest BCUT2D eigenvalue weighted by Gasteiger charge is -2.39. The third kappa shape index (κ3) is 3.03. The fourth-order valence-electron chi connectivity index (χ4n) is 7.87. The van der Waals surface area contributed by atoms with E-state index in [1.165, 1.54) is 86.9 Å². The molecule has 200 valence electrons. The van der Waals surface area contributed by atoms with Gasteiger partial charge in [0.25, 0.3) is 0 Å². The van der Waals surface area contributed by atoms with Crippen molar-refractivity contribution in [3.63, 3.8) is 0 Å². The summed E-state index contributed by atoms with van der Waals surface area (Å²) in [5.41, 5.74) is 12.6. The summed E-state index contributed by atoms with van der Waals surface area (Å²) < 4.78 is 0. The molecule has 0 saturated carbocycles. The van der Waals surface area contributed by atoms with Crippen LogP contribution in [0.25, 0.3) is 54.8 Å². The van der Waals surface area contributed by atoms with E-state index in [1.807, 2.05) is 11.8 Å². The highest BCUT2D eigenvalue weighted by Gasteiger charge is 2.50. The second-order valence-electron chi connectivity index (χ2n) is 11.7. The second kappa shape index (κ2) is 8.50. The summed E-state index contributed by atoms with van der Waals surface area (Å²) in [5.74, 6) is 0. The molecule has 8 aromatic rings. The molecule has 1 aromatic heterocycles. The smallest absolute Gasteiger partial charge is 0.0735 e. The van der Waals surface area contributed by atoms with Gasteiger partial charge in [-0.2, -0.15) is 0 Å². The maximum absolute atomic E-state index is 3.59. The Morgan fingerprint density at radius 1 is 0.442 bits per heavy atom. The second-order valence-corrected chi connectivity index (χ2v) is 12.8. The van der Waals surface area contributed by atoms with Crippen LogP contribution in [0.5, 0.6) is 0 Å². The maximum Gasteiger partial charge on any atom is 0.0735 e. The Hall–Kier alpha value is -5.05. The highest BCUT2D eigenvalue weighted by molar-refractivity contribution is 7.99. The summed E-state index contributed by atoms with van der Waals surface area (Å²) >= 11 is 1.90. The van der Waals surface area contributed by atoms with Gasteiger partial charge in [0.2, 0.25) is 0 Å². The van der Waals surface area contributed by atoms with Crippen LogP contribution in [-0.4, -0.2) is 4.98 Å². The van der Waals surface area contributed by atoms with E-state index < -0.39 is 5.41 Å². The van der Waals surface area contributed by atoms with Crippen LogP contribution in [-0.2, 0) is 5.41 Å². The molecule has 1 aliphatic heterocycles. The first kappa shape index (κ1) is 23.5. The molecule has 0 fully saturated rings. The van der Waals surface area contributed by atoms with Crippen LogP contribution < -0.4 is 0 Å². The standard InChI is InChI=1S/C41H25NS/c1-2-10-28-25(9-1)18-21-34-40(28)30-20-17-27(26-19-22-37-31(23-26)29-11-3-6-14-36(29)42-37)24-35(30)41(34)32-12-4-7-15-38(32)43-39-16-8-5-13-33(39)41/h1-24,42H. The van der Waals surface area contributed by atoms with Crippen LogP contribution >= 0.6 is 11.8 Å². The molecular weight excluding hydrogens is 539 g/mol. The summed E-state index contributed by atoms with van der Waals surface area (Å²) in [6, 6.07) is 54.3. The molecule has 0 bridgehead atoms. The Bertz CT molecular complexity index is 2400. The predicted octanol–water partition coefficient (Wildman–Crippen LogP) is 11.0. The quantitative estimate of drug-likeness (QED) is 0.210. The first-order chi connectivity index (χ1) is 21.3. The van der Waals surface area contributed by atoms with Crippen molar-refractivity contribution in [2.75, 3.05) is 0 Å². The highest BCUT2D eigenvalue weighted by atomic mass is 32.2. The Kier molecular flexibility index (Phi) is 4.65. The molecule has 0 atom stereocenters. The molecule has 2 aliphatic rings. The minimum atomic E-state index is -0.395. The van der Waals surface area contributed by atoms with Crippen molar-refractivity contribution in [3.8, 4) is 22.3 Å². The van der Waals surface area contributed by atoms with Gasteiger partial charge in [0, 0.05) is 31.6 Å². The number of rotatable bonds is 1. The van der Waals surface area contributed by atoms with Crippen LogP contribution in [0, 0.1) is 0 Å². The zero-order valence-electron chi connectivity index (χ0n) is 23.3. The van der Waals surface area contributed by atoms with E-state index in [1.54, 1.807) is 0 Å². The van der Waals surface area contributed by atoms with Gasteiger partial charge in [-0.05, 0) is 91.7 Å². The Morgan fingerprint density at radius 2 is 1.09 bits per heavy atom. The molecule has 1 N–H and O–H groups in total. The van der Waals surface area contributed by atoms with Gasteiger partial charge in [-0.15, -0.1) is 0 Å². The highest BCUT2D eigenvalue weighted by Crippen LogP contribution is 2.63. The number of hydrogen-bond acceptors (Lipinski definition) is 1. The van der Waals surface area contributed by atoms with Crippen molar-refractivity contribution >= 4 is 44.3 Å². The van der Waals surface area contributed by atoms with Crippen LogP contribution in [0.4, 0.5) is 0 Å². The van der Waals surface area contributed by atoms with E-state index >= 15 is 0 Å². The minimum Gasteiger partial charge on any atom is -0.355 e. The first-order valence-corrected chi connectivity index (χ1v) is 15.7. The van der Waals surface area contributed by atoms with Gasteiger partial charge in [-0.1, -0.05) is 121 Å². The third-order valence-corrected chi connectivity index (χ3v) is 10.8. The zero-order valence-corrected chi connectivity index (χ0v) is 24.1. The lowest BCUT2D eigenvalue weighted by Crippen LogP contribution is -2.32. The summed E-state index contributed by atoms with van der Waals surface area (Å²) in [5, 5.41) is 5.13. The molecule has 0 amide bonds. The Balaban J connectivity index is 1.32. The predicted molar refractivity (Wildman–Crippen MR) is 180 cm³/mol. The minimum absolute atomic E-state index is 0.395. The summed E-state index contributed by atoms with van der Waals surface area (Å²) in [4.78, 5) is 6.26. The van der Waals surface area contributed by atoms with Gasteiger partial charge in [0.1, 0.15) is 0 Å². The normalized spacial score (nSPS) is 14.1. The topological polar surface area (TPSA) is 15.8 Å². The lowest BCUT2D eigenvalue weighted by molar-refractivity contribution is 0.723. The lowest BCUT2D eigenvalue weighted by atomic mass is 9.67. The monoisotopic (exact) mass is 563 g/mol. The zero-order chi connectivity index (χ0) is 28.1. The molecule has 7 aromatic carbocycles. The number of aromatic amines is 1. The average molecular weight is 564 g/mol. The van der Waals surface area contributed by atoms with Gasteiger partial charge in [0.15, 0.2) is 0 Å². The van der Waals surface area contributed by atoms with Gasteiger partial charge in [0.05, 0.1) is 5.41 Å². The SMILES string of the molecule is c1ccc2c(c1)Sc1ccccc1C21c2cc(-c3ccc4[nH]c5ccccc5c4c3)ccc2-c2c1ccc1ccccc21. The van der Waals surface area contributed by atoms with Crippen LogP contribution in [0.3, 0.4) is 0 Å². The first-order valence-electron chi connectivity index (χ1n) is 14.9. The number of H-pyrrole nitrogens is 1. The van der Waals surface area contributed by atoms with Gasteiger partial charge < -0.3 is 4.98 Å². The van der Waals surface area contributed by atoms with Crippen LogP contribution in [0.2, 0.25) is 0 Å². The number of para-hydroxylation sites is 1. The molecule has 43 heavy (non-hydrogen) atoms. The molecule has 1 aliphatic carbocycles. The van der Waals surface area contributed by atoms with Gasteiger partial charge in [-0.3, -0.25) is 0 Å². The van der Waals surface area contributed by atoms with E-state index in [-0.39, 0.29) is 0 Å².